The lowest BCUT2D eigenvalue weighted by Crippen LogP contribution is -2.50. The predicted octanol–water partition coefficient (Wildman–Crippen LogP) is 1.17. The highest BCUT2D eigenvalue weighted by Crippen LogP contribution is 2.10. The van der Waals surface area contributed by atoms with E-state index in [9.17, 15) is 9.59 Å². The summed E-state index contributed by atoms with van der Waals surface area (Å²) in [6, 6.07) is 11.5. The number of hydrogen-bond donors (Lipinski definition) is 1. The number of carbonyl (C=O) groups is 1. The zero-order chi connectivity index (χ0) is 19.5. The summed E-state index contributed by atoms with van der Waals surface area (Å²) >= 11 is 0. The third-order valence-electron chi connectivity index (χ3n) is 4.93. The van der Waals surface area contributed by atoms with Crippen LogP contribution in [0.2, 0.25) is 0 Å². The summed E-state index contributed by atoms with van der Waals surface area (Å²) < 4.78 is 7.05. The maximum Gasteiger partial charge on any atom is 0.285 e. The van der Waals surface area contributed by atoms with Gasteiger partial charge in [-0.15, -0.1) is 0 Å². The van der Waals surface area contributed by atoms with Crippen LogP contribution < -0.4 is 10.3 Å². The zero-order valence-electron chi connectivity index (χ0n) is 15.8. The molecule has 2 aromatic heterocycles. The molecule has 0 unspecified atom stereocenters. The van der Waals surface area contributed by atoms with Crippen molar-refractivity contribution in [2.45, 2.75) is 6.92 Å². The van der Waals surface area contributed by atoms with Crippen molar-refractivity contribution in [2.75, 3.05) is 39.3 Å². The van der Waals surface area contributed by atoms with E-state index in [1.54, 1.807) is 11.0 Å². The number of H-pyrrole nitrogens is 1. The first-order chi connectivity index (χ1) is 13.6. The number of nitrogens with zero attached hydrogens (tertiary/aromatic N) is 4. The van der Waals surface area contributed by atoms with Gasteiger partial charge in [0.05, 0.1) is 0 Å². The highest BCUT2D eigenvalue weighted by atomic mass is 16.5. The Morgan fingerprint density at radius 2 is 1.93 bits per heavy atom. The lowest BCUT2D eigenvalue weighted by molar-refractivity contribution is 0.0618. The standard InChI is InChI=1S/C20H23N5O3/c1-15-13-18-21-14-17(20(27)25(18)22-15)19(26)24-9-7-23(8-10-24)11-12-28-16-5-3-2-4-6-16/h2-6,13-14,22H,7-12H2,1H3. The van der Waals surface area contributed by atoms with E-state index in [0.717, 1.165) is 31.1 Å². The van der Waals surface area contributed by atoms with Crippen LogP contribution >= 0.6 is 0 Å². The van der Waals surface area contributed by atoms with Crippen LogP contribution in [-0.2, 0) is 0 Å². The molecule has 0 saturated carbocycles. The Balaban J connectivity index is 1.33. The summed E-state index contributed by atoms with van der Waals surface area (Å²) in [6.45, 7) is 5.91. The largest absolute Gasteiger partial charge is 0.492 e. The van der Waals surface area contributed by atoms with E-state index in [-0.39, 0.29) is 17.0 Å². The highest BCUT2D eigenvalue weighted by Gasteiger charge is 2.25. The molecular formula is C20H23N5O3. The van der Waals surface area contributed by atoms with Gasteiger partial charge in [0.2, 0.25) is 0 Å². The molecule has 1 N–H and O–H groups in total. The van der Waals surface area contributed by atoms with E-state index in [4.69, 9.17) is 4.74 Å². The maximum atomic E-state index is 12.8. The Kier molecular flexibility index (Phi) is 5.12. The van der Waals surface area contributed by atoms with Gasteiger partial charge in [-0.2, -0.15) is 0 Å². The summed E-state index contributed by atoms with van der Waals surface area (Å²) in [5.41, 5.74) is 1.07. The first-order valence-electron chi connectivity index (χ1n) is 9.39. The molecule has 1 aromatic carbocycles. The van der Waals surface area contributed by atoms with E-state index < -0.39 is 0 Å². The van der Waals surface area contributed by atoms with Crippen LogP contribution in [0.1, 0.15) is 16.1 Å². The van der Waals surface area contributed by atoms with Gasteiger partial charge in [-0.3, -0.25) is 19.6 Å². The van der Waals surface area contributed by atoms with Crippen LogP contribution in [0.15, 0.2) is 47.4 Å². The molecule has 0 atom stereocenters. The number of nitrogens with one attached hydrogen (secondary N) is 1. The Bertz CT molecular complexity index is 1020. The highest BCUT2D eigenvalue weighted by molar-refractivity contribution is 5.93. The van der Waals surface area contributed by atoms with Gasteiger partial charge in [0, 0.05) is 50.7 Å². The molecule has 1 aliphatic heterocycles. The number of aromatic nitrogens is 3. The number of aryl methyl sites for hydroxylation is 1. The molecule has 146 valence electrons. The number of hydrogen-bond acceptors (Lipinski definition) is 5. The number of fused-ring (bicyclic) bond motifs is 1. The number of para-hydroxylation sites is 1. The van der Waals surface area contributed by atoms with E-state index in [1.807, 2.05) is 37.3 Å². The van der Waals surface area contributed by atoms with Crippen LogP contribution in [-0.4, -0.2) is 69.6 Å². The zero-order valence-corrected chi connectivity index (χ0v) is 15.8. The third kappa shape index (κ3) is 3.77. The SMILES string of the molecule is Cc1cc2ncc(C(=O)N3CCN(CCOc4ccccc4)CC3)c(=O)n2[nH]1. The second-order valence-corrected chi connectivity index (χ2v) is 6.91. The molecule has 8 nitrogen and oxygen atoms in total. The summed E-state index contributed by atoms with van der Waals surface area (Å²) in [5.74, 6) is 0.596. The second kappa shape index (κ2) is 7.85. The average Bonchev–Trinajstić information content (AvgIpc) is 3.10. The molecule has 1 saturated heterocycles. The number of piperazine rings is 1. The molecule has 1 amide bonds. The summed E-state index contributed by atoms with van der Waals surface area (Å²) in [4.78, 5) is 33.6. The van der Waals surface area contributed by atoms with Crippen molar-refractivity contribution < 1.29 is 9.53 Å². The van der Waals surface area contributed by atoms with Crippen molar-refractivity contribution in [1.82, 2.24) is 24.4 Å². The molecule has 1 aliphatic rings. The Morgan fingerprint density at radius 3 is 2.68 bits per heavy atom. The van der Waals surface area contributed by atoms with Gasteiger partial charge in [-0.25, -0.2) is 9.50 Å². The fourth-order valence-corrected chi connectivity index (χ4v) is 3.38. The third-order valence-corrected chi connectivity index (χ3v) is 4.93. The van der Waals surface area contributed by atoms with Crippen molar-refractivity contribution in [2.24, 2.45) is 0 Å². The number of aromatic amines is 1. The molecule has 0 spiro atoms. The van der Waals surface area contributed by atoms with Crippen LogP contribution in [0.4, 0.5) is 0 Å². The van der Waals surface area contributed by atoms with Gasteiger partial charge in [-0.1, -0.05) is 18.2 Å². The number of carbonyl (C=O) groups excluding carboxylic acids is 1. The monoisotopic (exact) mass is 381 g/mol. The average molecular weight is 381 g/mol. The summed E-state index contributed by atoms with van der Waals surface area (Å²) in [5, 5.41) is 2.92. The molecule has 4 rings (SSSR count). The van der Waals surface area contributed by atoms with Crippen LogP contribution in [0.25, 0.3) is 5.65 Å². The summed E-state index contributed by atoms with van der Waals surface area (Å²) in [6.07, 6.45) is 1.38. The van der Waals surface area contributed by atoms with Crippen molar-refractivity contribution in [3.63, 3.8) is 0 Å². The first-order valence-corrected chi connectivity index (χ1v) is 9.39. The quantitative estimate of drug-likeness (QED) is 0.717. The predicted molar refractivity (Wildman–Crippen MR) is 105 cm³/mol. The number of amides is 1. The molecule has 3 aromatic rings. The minimum absolute atomic E-state index is 0.0974. The second-order valence-electron chi connectivity index (χ2n) is 6.91. The molecule has 28 heavy (non-hydrogen) atoms. The fourth-order valence-electron chi connectivity index (χ4n) is 3.38. The van der Waals surface area contributed by atoms with Gasteiger partial charge in [0.25, 0.3) is 11.5 Å². The van der Waals surface area contributed by atoms with Crippen LogP contribution in [0, 0.1) is 6.92 Å². The molecule has 0 aliphatic carbocycles. The van der Waals surface area contributed by atoms with Crippen LogP contribution in [0.5, 0.6) is 5.75 Å². The van der Waals surface area contributed by atoms with Crippen molar-refractivity contribution in [3.05, 3.63) is 64.2 Å². The van der Waals surface area contributed by atoms with Gasteiger partial charge in [-0.05, 0) is 19.1 Å². The summed E-state index contributed by atoms with van der Waals surface area (Å²) in [7, 11) is 0. The van der Waals surface area contributed by atoms with Gasteiger partial charge in [0.15, 0.2) is 5.65 Å². The van der Waals surface area contributed by atoms with E-state index in [0.29, 0.717) is 25.3 Å². The molecule has 3 heterocycles. The minimum Gasteiger partial charge on any atom is -0.492 e. The van der Waals surface area contributed by atoms with Gasteiger partial charge >= 0.3 is 0 Å². The minimum atomic E-state index is -0.359. The Morgan fingerprint density at radius 1 is 1.18 bits per heavy atom. The van der Waals surface area contributed by atoms with Gasteiger partial charge in [0.1, 0.15) is 17.9 Å². The first kappa shape index (κ1) is 18.2. The number of rotatable bonds is 5. The van der Waals surface area contributed by atoms with E-state index in [2.05, 4.69) is 15.0 Å². The fraction of sp³-hybridized carbons (Fsp3) is 0.350. The molecule has 0 bridgehead atoms. The Labute approximate surface area is 162 Å². The van der Waals surface area contributed by atoms with E-state index >= 15 is 0 Å². The van der Waals surface area contributed by atoms with Crippen molar-refractivity contribution >= 4 is 11.6 Å². The molecular weight excluding hydrogens is 358 g/mol. The smallest absolute Gasteiger partial charge is 0.285 e. The molecule has 1 fully saturated rings. The number of ether oxygens (including phenoxy) is 1. The lowest BCUT2D eigenvalue weighted by atomic mass is 10.2. The topological polar surface area (TPSA) is 82.9 Å². The lowest BCUT2D eigenvalue weighted by Gasteiger charge is -2.34. The van der Waals surface area contributed by atoms with Crippen molar-refractivity contribution in [1.29, 1.82) is 0 Å². The van der Waals surface area contributed by atoms with Gasteiger partial charge < -0.3 is 9.64 Å². The van der Waals surface area contributed by atoms with E-state index in [1.165, 1.54) is 10.7 Å². The maximum absolute atomic E-state index is 12.8. The Hall–Kier alpha value is -3.13. The normalized spacial score (nSPS) is 15.1. The van der Waals surface area contributed by atoms with Crippen molar-refractivity contribution in [3.8, 4) is 5.75 Å². The molecule has 0 radical (unpaired) electrons. The number of benzene rings is 1. The molecule has 8 heteroatoms. The van der Waals surface area contributed by atoms with Crippen LogP contribution in [0.3, 0.4) is 0 Å².